The number of carbonyl (C=O) groups is 1. The number of anilines is 2. The fraction of sp³-hybridized carbons (Fsp3) is 0.176. The van der Waals surface area contributed by atoms with Gasteiger partial charge in [0.05, 0.1) is 5.70 Å². The minimum Gasteiger partial charge on any atom is -0.383 e. The highest BCUT2D eigenvalue weighted by Gasteiger charge is 2.42. The molecule has 1 aromatic heterocycles. The van der Waals surface area contributed by atoms with Gasteiger partial charge in [-0.05, 0) is 36.4 Å². The molecule has 1 aliphatic heterocycles. The number of nitrogens with two attached hydrogens (primary N) is 1. The Balaban J connectivity index is 1.81. The van der Waals surface area contributed by atoms with Gasteiger partial charge in [0.25, 0.3) is 5.91 Å². The summed E-state index contributed by atoms with van der Waals surface area (Å²) >= 11 is 0. The van der Waals surface area contributed by atoms with Crippen LogP contribution in [0.25, 0.3) is 5.70 Å². The molecule has 3 rings (SSSR count). The summed E-state index contributed by atoms with van der Waals surface area (Å²) in [5.74, 6) is -1.12. The molecule has 0 aliphatic carbocycles. The van der Waals surface area contributed by atoms with Crippen molar-refractivity contribution < 1.29 is 22.4 Å². The van der Waals surface area contributed by atoms with Gasteiger partial charge in [-0.15, -0.1) is 0 Å². The van der Waals surface area contributed by atoms with Crippen LogP contribution in [0.4, 0.5) is 29.2 Å². The molecule has 0 radical (unpaired) electrons. The number of carbonyl (C=O) groups excluding carboxylic acids is 1. The van der Waals surface area contributed by atoms with E-state index in [-0.39, 0.29) is 28.5 Å². The van der Waals surface area contributed by atoms with E-state index >= 15 is 0 Å². The molecule has 2 aromatic rings. The lowest BCUT2D eigenvalue weighted by atomic mass is 10.1. The molecule has 27 heavy (non-hydrogen) atoms. The first-order chi connectivity index (χ1) is 12.6. The minimum atomic E-state index is -4.45. The molecule has 10 heteroatoms. The zero-order chi connectivity index (χ0) is 19.8. The van der Waals surface area contributed by atoms with Crippen molar-refractivity contribution in [1.82, 2.24) is 15.4 Å². The maximum Gasteiger partial charge on any atom is 0.409 e. The van der Waals surface area contributed by atoms with Crippen molar-refractivity contribution in [2.24, 2.45) is 0 Å². The van der Waals surface area contributed by atoms with E-state index in [4.69, 9.17) is 5.73 Å². The van der Waals surface area contributed by atoms with Gasteiger partial charge in [0.1, 0.15) is 23.5 Å². The third kappa shape index (κ3) is 4.00. The highest BCUT2D eigenvalue weighted by Crippen LogP contribution is 2.32. The second-order valence-electron chi connectivity index (χ2n) is 5.85. The van der Waals surface area contributed by atoms with Gasteiger partial charge in [-0.2, -0.15) is 13.2 Å². The lowest BCUT2D eigenvalue weighted by molar-refractivity contribution is -0.148. The fourth-order valence-corrected chi connectivity index (χ4v) is 2.60. The van der Waals surface area contributed by atoms with E-state index in [0.717, 1.165) is 12.1 Å². The Labute approximate surface area is 151 Å². The van der Waals surface area contributed by atoms with Crippen LogP contribution in [0, 0.1) is 5.82 Å². The molecule has 0 fully saturated rings. The topological polar surface area (TPSA) is 83.3 Å². The number of nitrogen functional groups attached to an aromatic ring is 1. The molecule has 1 atom stereocenters. The van der Waals surface area contributed by atoms with E-state index in [1.165, 1.54) is 42.4 Å². The summed E-state index contributed by atoms with van der Waals surface area (Å²) in [5, 5.41) is 3.67. The zero-order valence-electron chi connectivity index (χ0n) is 14.0. The van der Waals surface area contributed by atoms with Crippen molar-refractivity contribution in [2.45, 2.75) is 12.2 Å². The Morgan fingerprint density at radius 1 is 1.30 bits per heavy atom. The molecule has 1 unspecified atom stereocenters. The van der Waals surface area contributed by atoms with E-state index in [0.29, 0.717) is 0 Å². The Morgan fingerprint density at radius 2 is 2.04 bits per heavy atom. The molecule has 1 aromatic carbocycles. The molecular formula is C17H15F4N5O. The van der Waals surface area contributed by atoms with Crippen LogP contribution in [0.2, 0.25) is 0 Å². The third-order valence-electron chi connectivity index (χ3n) is 3.90. The van der Waals surface area contributed by atoms with Crippen LogP contribution < -0.4 is 16.5 Å². The maximum atomic E-state index is 13.2. The van der Waals surface area contributed by atoms with Crippen molar-refractivity contribution in [2.75, 3.05) is 18.1 Å². The van der Waals surface area contributed by atoms with Gasteiger partial charge in [0.2, 0.25) is 0 Å². The normalized spacial score (nSPS) is 17.0. The summed E-state index contributed by atoms with van der Waals surface area (Å²) in [4.78, 5) is 16.1. The molecule has 4 N–H and O–H groups in total. The van der Waals surface area contributed by atoms with Gasteiger partial charge >= 0.3 is 6.18 Å². The number of pyridine rings is 1. The number of benzene rings is 1. The number of alkyl halides is 3. The van der Waals surface area contributed by atoms with E-state index in [1.54, 1.807) is 0 Å². The van der Waals surface area contributed by atoms with E-state index in [1.807, 2.05) is 0 Å². The zero-order valence-corrected chi connectivity index (χ0v) is 14.0. The summed E-state index contributed by atoms with van der Waals surface area (Å²) in [6.07, 6.45) is -3.45. The van der Waals surface area contributed by atoms with Gasteiger partial charge in [0, 0.05) is 18.2 Å². The quantitative estimate of drug-likeness (QED) is 0.713. The largest absolute Gasteiger partial charge is 0.409 e. The fourth-order valence-electron chi connectivity index (χ4n) is 2.60. The van der Waals surface area contributed by atoms with Crippen molar-refractivity contribution >= 4 is 23.2 Å². The highest BCUT2D eigenvalue weighted by atomic mass is 19.4. The lowest BCUT2D eigenvalue weighted by Gasteiger charge is -2.20. The molecule has 2 heterocycles. The molecule has 0 bridgehead atoms. The average molecular weight is 381 g/mol. The molecule has 1 amide bonds. The first-order valence-corrected chi connectivity index (χ1v) is 7.77. The highest BCUT2D eigenvalue weighted by molar-refractivity contribution is 6.03. The molecule has 0 saturated carbocycles. The minimum absolute atomic E-state index is 0.0604. The first-order valence-electron chi connectivity index (χ1n) is 7.77. The standard InChI is InChI=1S/C17H15F4N5O/c1-26-12(8-13(25-26)17(19,20)21)11-5-6-14(23-15(11)22)24-16(27)9-3-2-4-10(18)7-9/h2-8,13,25H,1H3,(H3,22,23,24,27). The van der Waals surface area contributed by atoms with Crippen LogP contribution >= 0.6 is 0 Å². The lowest BCUT2D eigenvalue weighted by Crippen LogP contribution is -2.42. The molecule has 6 nitrogen and oxygen atoms in total. The predicted molar refractivity (Wildman–Crippen MR) is 91.7 cm³/mol. The van der Waals surface area contributed by atoms with Gasteiger partial charge in [0.15, 0.2) is 0 Å². The monoisotopic (exact) mass is 381 g/mol. The number of hydrogen-bond donors (Lipinski definition) is 3. The van der Waals surface area contributed by atoms with Gasteiger partial charge in [-0.1, -0.05) is 6.07 Å². The summed E-state index contributed by atoms with van der Waals surface area (Å²) in [7, 11) is 1.43. The smallest absolute Gasteiger partial charge is 0.383 e. The Hall–Kier alpha value is -3.14. The van der Waals surface area contributed by atoms with Gasteiger partial charge < -0.3 is 16.1 Å². The van der Waals surface area contributed by atoms with Crippen LogP contribution in [0.5, 0.6) is 0 Å². The summed E-state index contributed by atoms with van der Waals surface area (Å²) in [6.45, 7) is 0. The van der Waals surface area contributed by atoms with E-state index in [9.17, 15) is 22.4 Å². The number of rotatable bonds is 3. The van der Waals surface area contributed by atoms with Crippen molar-refractivity contribution in [3.8, 4) is 0 Å². The molecule has 142 valence electrons. The summed E-state index contributed by atoms with van der Waals surface area (Å²) < 4.78 is 51.8. The predicted octanol–water partition coefficient (Wildman–Crippen LogP) is 2.78. The number of hydrazine groups is 1. The van der Waals surface area contributed by atoms with Crippen LogP contribution in [-0.2, 0) is 0 Å². The number of amides is 1. The number of nitrogens with zero attached hydrogens (tertiary/aromatic N) is 2. The third-order valence-corrected chi connectivity index (χ3v) is 3.90. The van der Waals surface area contributed by atoms with Crippen LogP contribution in [-0.4, -0.2) is 35.2 Å². The first kappa shape index (κ1) is 18.6. The maximum absolute atomic E-state index is 13.2. The summed E-state index contributed by atoms with van der Waals surface area (Å²) in [6, 6.07) is 6.11. The van der Waals surface area contributed by atoms with E-state index < -0.39 is 23.9 Å². The van der Waals surface area contributed by atoms with Crippen LogP contribution in [0.3, 0.4) is 0 Å². The van der Waals surface area contributed by atoms with E-state index in [2.05, 4.69) is 15.7 Å². The average Bonchev–Trinajstić information content (AvgIpc) is 2.97. The Bertz CT molecular complexity index is 912. The van der Waals surface area contributed by atoms with Gasteiger partial charge in [-0.3, -0.25) is 4.79 Å². The second kappa shape index (κ2) is 6.88. The van der Waals surface area contributed by atoms with Crippen molar-refractivity contribution in [1.29, 1.82) is 0 Å². The van der Waals surface area contributed by atoms with Gasteiger partial charge in [-0.25, -0.2) is 14.8 Å². The Morgan fingerprint density at radius 3 is 2.63 bits per heavy atom. The van der Waals surface area contributed by atoms with Crippen LogP contribution in [0.1, 0.15) is 15.9 Å². The SMILES string of the molecule is CN1NC(C(F)(F)F)C=C1c1ccc(NC(=O)c2cccc(F)c2)nc1N. The summed E-state index contributed by atoms with van der Waals surface area (Å²) in [5.41, 5.74) is 8.71. The molecule has 1 aliphatic rings. The Kier molecular flexibility index (Phi) is 4.75. The van der Waals surface area contributed by atoms with Crippen LogP contribution in [0.15, 0.2) is 42.5 Å². The molecule has 0 saturated heterocycles. The number of halogens is 4. The number of aromatic nitrogens is 1. The second-order valence-corrected chi connectivity index (χ2v) is 5.85. The molecule has 0 spiro atoms. The van der Waals surface area contributed by atoms with Crippen molar-refractivity contribution in [3.63, 3.8) is 0 Å². The van der Waals surface area contributed by atoms with Crippen molar-refractivity contribution in [3.05, 3.63) is 59.4 Å². The molecular weight excluding hydrogens is 366 g/mol. The number of hydrogen-bond acceptors (Lipinski definition) is 5. The number of nitrogens with one attached hydrogen (secondary N) is 2.